The van der Waals surface area contributed by atoms with Crippen LogP contribution in [0.15, 0.2) is 37.3 Å². The van der Waals surface area contributed by atoms with Crippen molar-refractivity contribution in [2.75, 3.05) is 33.0 Å². The van der Waals surface area contributed by atoms with Crippen LogP contribution in [0.2, 0.25) is 0 Å². The minimum absolute atomic E-state index is 0.190. The van der Waals surface area contributed by atoms with Crippen LogP contribution in [0.1, 0.15) is 44.9 Å². The minimum atomic E-state index is 0.190. The lowest BCUT2D eigenvalue weighted by Crippen LogP contribution is -2.21. The Morgan fingerprint density at radius 3 is 2.58 bits per heavy atom. The summed E-state index contributed by atoms with van der Waals surface area (Å²) >= 11 is 0. The Kier molecular flexibility index (Phi) is 9.86. The molecule has 2 aliphatic carbocycles. The minimum Gasteiger partial charge on any atom is -0.479 e. The van der Waals surface area contributed by atoms with Crippen LogP contribution < -0.4 is 5.32 Å². The van der Waals surface area contributed by atoms with E-state index in [9.17, 15) is 0 Å². The monoisotopic (exact) mass is 363 g/mol. The standard InChI is InChI=1S/C22H37NO3/c1-3-19(16-24)10-8-9-14-25-15-13-23-18(2)26-17-22-20-11-6-4-5-7-12-21(20)22/h3-5,19-24H,1-2,6-17H2/b5-4-. The van der Waals surface area contributed by atoms with Crippen LogP contribution in [0.25, 0.3) is 0 Å². The molecule has 0 saturated heterocycles. The number of aliphatic hydroxyl groups excluding tert-OH is 1. The van der Waals surface area contributed by atoms with Gasteiger partial charge in [-0.25, -0.2) is 0 Å². The lowest BCUT2D eigenvalue weighted by Gasteiger charge is -2.12. The third-order valence-electron chi connectivity index (χ3n) is 5.71. The van der Waals surface area contributed by atoms with Gasteiger partial charge in [0.15, 0.2) is 5.88 Å². The Morgan fingerprint density at radius 1 is 1.19 bits per heavy atom. The van der Waals surface area contributed by atoms with E-state index in [4.69, 9.17) is 14.6 Å². The highest BCUT2D eigenvalue weighted by atomic mass is 16.5. The van der Waals surface area contributed by atoms with E-state index in [1.807, 2.05) is 6.08 Å². The van der Waals surface area contributed by atoms with Gasteiger partial charge in [0.2, 0.25) is 0 Å². The largest absolute Gasteiger partial charge is 0.479 e. The molecular formula is C22H37NO3. The smallest absolute Gasteiger partial charge is 0.179 e. The summed E-state index contributed by atoms with van der Waals surface area (Å²) in [6.45, 7) is 10.8. The first kappa shape index (κ1) is 21.0. The molecule has 2 rings (SSSR count). The predicted octanol–water partition coefficient (Wildman–Crippen LogP) is 4.04. The van der Waals surface area contributed by atoms with Crippen molar-refractivity contribution in [2.24, 2.45) is 23.7 Å². The highest BCUT2D eigenvalue weighted by Crippen LogP contribution is 2.52. The molecule has 4 heteroatoms. The van der Waals surface area contributed by atoms with Gasteiger partial charge in [0, 0.05) is 19.8 Å². The molecule has 3 atom stereocenters. The quantitative estimate of drug-likeness (QED) is 0.278. The van der Waals surface area contributed by atoms with Crippen molar-refractivity contribution in [3.63, 3.8) is 0 Å². The summed E-state index contributed by atoms with van der Waals surface area (Å²) in [6.07, 6.45) is 14.6. The normalized spacial score (nSPS) is 26.7. The Hall–Kier alpha value is -1.26. The van der Waals surface area contributed by atoms with Gasteiger partial charge in [-0.1, -0.05) is 24.6 Å². The molecule has 1 saturated carbocycles. The lowest BCUT2D eigenvalue weighted by molar-refractivity contribution is 0.121. The average Bonchev–Trinajstić information content (AvgIpc) is 3.28. The molecule has 0 heterocycles. The number of aliphatic hydroxyl groups is 1. The molecule has 0 amide bonds. The Balaban J connectivity index is 1.41. The van der Waals surface area contributed by atoms with Crippen LogP contribution in [-0.4, -0.2) is 38.1 Å². The van der Waals surface area contributed by atoms with E-state index in [2.05, 4.69) is 30.6 Å². The van der Waals surface area contributed by atoms with E-state index in [0.29, 0.717) is 12.5 Å². The van der Waals surface area contributed by atoms with Crippen LogP contribution in [0, 0.1) is 23.7 Å². The molecule has 3 unspecified atom stereocenters. The Bertz CT molecular complexity index is 433. The van der Waals surface area contributed by atoms with Gasteiger partial charge in [-0.05, 0) is 68.8 Å². The fourth-order valence-corrected chi connectivity index (χ4v) is 3.95. The molecule has 148 valence electrons. The topological polar surface area (TPSA) is 50.7 Å². The molecule has 2 N–H and O–H groups in total. The van der Waals surface area contributed by atoms with Gasteiger partial charge in [0.05, 0.1) is 13.2 Å². The van der Waals surface area contributed by atoms with Crippen molar-refractivity contribution in [1.29, 1.82) is 0 Å². The molecule has 2 aliphatic rings. The first-order valence-electron chi connectivity index (χ1n) is 10.3. The molecule has 0 aromatic rings. The summed E-state index contributed by atoms with van der Waals surface area (Å²) in [5.41, 5.74) is 0. The summed E-state index contributed by atoms with van der Waals surface area (Å²) < 4.78 is 11.4. The van der Waals surface area contributed by atoms with Crippen molar-refractivity contribution in [1.82, 2.24) is 5.32 Å². The maximum absolute atomic E-state index is 9.08. The molecule has 0 aromatic heterocycles. The van der Waals surface area contributed by atoms with Gasteiger partial charge >= 0.3 is 0 Å². The van der Waals surface area contributed by atoms with Gasteiger partial charge in [0.1, 0.15) is 0 Å². The molecular weight excluding hydrogens is 326 g/mol. The summed E-state index contributed by atoms with van der Waals surface area (Å²) in [5, 5.41) is 12.3. The molecule has 0 aromatic carbocycles. The van der Waals surface area contributed by atoms with Crippen molar-refractivity contribution in [3.8, 4) is 0 Å². The molecule has 0 bridgehead atoms. The number of hydrogen-bond acceptors (Lipinski definition) is 4. The van der Waals surface area contributed by atoms with Crippen molar-refractivity contribution in [2.45, 2.75) is 44.9 Å². The summed E-state index contributed by atoms with van der Waals surface area (Å²) in [5.74, 6) is 3.34. The van der Waals surface area contributed by atoms with E-state index < -0.39 is 0 Å². The number of nitrogens with one attached hydrogen (secondary N) is 1. The molecule has 4 nitrogen and oxygen atoms in total. The number of unbranched alkanes of at least 4 members (excludes halogenated alkanes) is 1. The first-order chi connectivity index (χ1) is 12.8. The predicted molar refractivity (Wildman–Crippen MR) is 107 cm³/mol. The van der Waals surface area contributed by atoms with E-state index in [-0.39, 0.29) is 12.5 Å². The second-order valence-electron chi connectivity index (χ2n) is 7.57. The maximum Gasteiger partial charge on any atom is 0.179 e. The van der Waals surface area contributed by atoms with Crippen molar-refractivity contribution in [3.05, 3.63) is 37.3 Å². The summed E-state index contributed by atoms with van der Waals surface area (Å²) in [7, 11) is 0. The average molecular weight is 364 g/mol. The highest BCUT2D eigenvalue weighted by Gasteiger charge is 2.48. The number of allylic oxidation sites excluding steroid dienone is 2. The van der Waals surface area contributed by atoms with Gasteiger partial charge in [-0.3, -0.25) is 0 Å². The third-order valence-corrected chi connectivity index (χ3v) is 5.71. The highest BCUT2D eigenvalue weighted by molar-refractivity contribution is 5.02. The zero-order valence-corrected chi connectivity index (χ0v) is 16.2. The van der Waals surface area contributed by atoms with Gasteiger partial charge in [-0.2, -0.15) is 0 Å². The van der Waals surface area contributed by atoms with Crippen molar-refractivity contribution < 1.29 is 14.6 Å². The van der Waals surface area contributed by atoms with E-state index in [1.54, 1.807) is 0 Å². The van der Waals surface area contributed by atoms with Gasteiger partial charge in [0.25, 0.3) is 0 Å². The number of fused-ring (bicyclic) bond motifs is 1. The number of ether oxygens (including phenoxy) is 2. The number of rotatable bonds is 14. The van der Waals surface area contributed by atoms with E-state index in [1.165, 1.54) is 25.7 Å². The molecule has 1 fully saturated rings. The fraction of sp³-hybridized carbons (Fsp3) is 0.727. The van der Waals surface area contributed by atoms with Crippen LogP contribution in [0.5, 0.6) is 0 Å². The van der Waals surface area contributed by atoms with Crippen LogP contribution >= 0.6 is 0 Å². The Labute approximate surface area is 159 Å². The SMILES string of the molecule is C=CC(CO)CCCCOCCNC(=C)OCC1C2CC/C=C\CCC21. The molecule has 26 heavy (non-hydrogen) atoms. The lowest BCUT2D eigenvalue weighted by atomic mass is 10.0. The zero-order chi connectivity index (χ0) is 18.6. The third kappa shape index (κ3) is 7.55. The van der Waals surface area contributed by atoms with Crippen LogP contribution in [0.4, 0.5) is 0 Å². The first-order valence-corrected chi connectivity index (χ1v) is 10.3. The molecule has 0 aliphatic heterocycles. The van der Waals surface area contributed by atoms with Crippen LogP contribution in [0.3, 0.4) is 0 Å². The van der Waals surface area contributed by atoms with Crippen LogP contribution in [-0.2, 0) is 9.47 Å². The summed E-state index contributed by atoms with van der Waals surface area (Å²) in [4.78, 5) is 0. The molecule has 0 radical (unpaired) electrons. The van der Waals surface area contributed by atoms with Crippen molar-refractivity contribution >= 4 is 0 Å². The number of hydrogen-bond donors (Lipinski definition) is 2. The molecule has 0 spiro atoms. The summed E-state index contributed by atoms with van der Waals surface area (Å²) in [6, 6.07) is 0. The fourth-order valence-electron chi connectivity index (χ4n) is 3.95. The Morgan fingerprint density at radius 2 is 1.92 bits per heavy atom. The van der Waals surface area contributed by atoms with Gasteiger partial charge < -0.3 is 19.9 Å². The maximum atomic E-state index is 9.08. The van der Waals surface area contributed by atoms with E-state index >= 15 is 0 Å². The zero-order valence-electron chi connectivity index (χ0n) is 16.2. The second kappa shape index (κ2) is 12.2. The van der Waals surface area contributed by atoms with Gasteiger partial charge in [-0.15, -0.1) is 6.58 Å². The van der Waals surface area contributed by atoms with E-state index in [0.717, 1.165) is 56.8 Å². The second-order valence-corrected chi connectivity index (χ2v) is 7.57.